The van der Waals surface area contributed by atoms with Gasteiger partial charge < -0.3 is 30.0 Å². The smallest absolute Gasteiger partial charge is 0.302 e. The van der Waals surface area contributed by atoms with Crippen molar-refractivity contribution in [3.8, 4) is 0 Å². The van der Waals surface area contributed by atoms with E-state index in [1.807, 2.05) is 6.92 Å². The molecule has 0 amide bonds. The second-order valence-electron chi connectivity index (χ2n) is 14.6. The molecule has 0 aromatic carbocycles. The Morgan fingerprint density at radius 1 is 1.03 bits per heavy atom. The predicted octanol–water partition coefficient (Wildman–Crippen LogP) is 3.33. The average Bonchev–Trinajstić information content (AvgIpc) is 3.62. The largest absolute Gasteiger partial charge is 0.462 e. The average molecular weight is 543 g/mol. The highest BCUT2D eigenvalue weighted by atomic mass is 16.5. The molecule has 7 nitrogen and oxygen atoms in total. The highest BCUT2D eigenvalue weighted by molar-refractivity contribution is 5.71. The fraction of sp³-hybridized carbons (Fsp3) is 0.812. The standard InChI is InChI=1S/C32H46O7/c1-16(2)18-6-8-20(25(18)39-17(3)34)19-7-9-21-22(19)14-30(15-33)24-11-13-32(30,26(21)35)28(37)31(24)12-10-23(27(31)36)29(4,5)38/h14-15,18-21,23-28,35-38H,1,6-13H2,2-5H3/t18-,19-,20?,21-,23-,24+,25+,26+,27-,28+,30+,31-,32-/m0/s1. The Bertz CT molecular complexity index is 1110. The lowest BCUT2D eigenvalue weighted by Gasteiger charge is -2.51. The first-order valence-corrected chi connectivity index (χ1v) is 15.1. The molecule has 0 heterocycles. The van der Waals surface area contributed by atoms with Crippen LogP contribution < -0.4 is 0 Å². The highest BCUT2D eigenvalue weighted by Crippen LogP contribution is 2.80. The summed E-state index contributed by atoms with van der Waals surface area (Å²) in [5.74, 6) is -0.919. The summed E-state index contributed by atoms with van der Waals surface area (Å²) in [7, 11) is 0. The zero-order valence-corrected chi connectivity index (χ0v) is 23.8. The molecule has 4 N–H and O–H groups in total. The van der Waals surface area contributed by atoms with Crippen molar-refractivity contribution in [1.82, 2.24) is 0 Å². The molecule has 216 valence electrons. The Morgan fingerprint density at radius 2 is 1.72 bits per heavy atom. The van der Waals surface area contributed by atoms with Gasteiger partial charge in [0.1, 0.15) is 12.4 Å². The van der Waals surface area contributed by atoms with Gasteiger partial charge in [-0.2, -0.15) is 0 Å². The van der Waals surface area contributed by atoms with E-state index >= 15 is 0 Å². The molecule has 6 aliphatic carbocycles. The number of fused-ring (bicyclic) bond motifs is 2. The van der Waals surface area contributed by atoms with E-state index in [0.29, 0.717) is 25.7 Å². The van der Waals surface area contributed by atoms with Crippen LogP contribution in [0.4, 0.5) is 0 Å². The Kier molecular flexibility index (Phi) is 6.18. The molecule has 6 aliphatic rings. The summed E-state index contributed by atoms with van der Waals surface area (Å²) in [5.41, 5.74) is -2.07. The van der Waals surface area contributed by atoms with Crippen LogP contribution in [-0.4, -0.2) is 62.7 Å². The summed E-state index contributed by atoms with van der Waals surface area (Å²) in [6, 6.07) is 0. The minimum atomic E-state index is -1.12. The molecule has 7 heteroatoms. The fourth-order valence-corrected chi connectivity index (χ4v) is 11.4. The summed E-state index contributed by atoms with van der Waals surface area (Å²) >= 11 is 0. The minimum absolute atomic E-state index is 0.0817. The lowest BCUT2D eigenvalue weighted by atomic mass is 9.55. The van der Waals surface area contributed by atoms with Crippen LogP contribution in [-0.2, 0) is 14.3 Å². The van der Waals surface area contributed by atoms with Gasteiger partial charge in [-0.3, -0.25) is 4.79 Å². The maximum absolute atomic E-state index is 13.3. The topological polar surface area (TPSA) is 124 Å². The molecule has 39 heavy (non-hydrogen) atoms. The van der Waals surface area contributed by atoms with Crippen LogP contribution in [0, 0.1) is 51.8 Å². The molecule has 1 spiro atoms. The molecule has 0 radical (unpaired) electrons. The molecule has 5 saturated carbocycles. The van der Waals surface area contributed by atoms with Crippen molar-refractivity contribution in [2.75, 3.05) is 0 Å². The third kappa shape index (κ3) is 3.25. The molecule has 1 unspecified atom stereocenters. The van der Waals surface area contributed by atoms with E-state index in [2.05, 4.69) is 12.7 Å². The lowest BCUT2D eigenvalue weighted by Crippen LogP contribution is -2.59. The summed E-state index contributed by atoms with van der Waals surface area (Å²) in [4.78, 5) is 25.4. The summed E-state index contributed by atoms with van der Waals surface area (Å²) < 4.78 is 5.90. The van der Waals surface area contributed by atoms with E-state index in [1.54, 1.807) is 13.8 Å². The predicted molar refractivity (Wildman–Crippen MR) is 144 cm³/mol. The van der Waals surface area contributed by atoms with Crippen LogP contribution in [0.5, 0.6) is 0 Å². The van der Waals surface area contributed by atoms with Gasteiger partial charge in [0.05, 0.1) is 29.3 Å². The number of aliphatic hydroxyl groups excluding tert-OH is 3. The number of allylic oxidation sites excluding steroid dienone is 1. The van der Waals surface area contributed by atoms with Crippen LogP contribution in [0.1, 0.15) is 79.1 Å². The van der Waals surface area contributed by atoms with Crippen molar-refractivity contribution in [2.24, 2.45) is 51.8 Å². The van der Waals surface area contributed by atoms with Crippen molar-refractivity contribution < 1.29 is 34.8 Å². The van der Waals surface area contributed by atoms with Gasteiger partial charge in [0.25, 0.3) is 0 Å². The number of carbonyl (C=O) groups is 2. The van der Waals surface area contributed by atoms with Gasteiger partial charge in [-0.05, 0) is 84.0 Å². The first kappa shape index (κ1) is 27.6. The normalized spacial score (nSPS) is 52.1. The van der Waals surface area contributed by atoms with E-state index in [-0.39, 0.29) is 41.7 Å². The Morgan fingerprint density at radius 3 is 2.31 bits per heavy atom. The monoisotopic (exact) mass is 542 g/mol. The molecule has 0 aliphatic heterocycles. The van der Waals surface area contributed by atoms with Gasteiger partial charge in [-0.1, -0.05) is 23.8 Å². The maximum atomic E-state index is 13.3. The number of ether oxygens (including phenoxy) is 1. The van der Waals surface area contributed by atoms with E-state index in [9.17, 15) is 30.0 Å². The zero-order chi connectivity index (χ0) is 28.3. The number of esters is 1. The van der Waals surface area contributed by atoms with Crippen molar-refractivity contribution in [1.29, 1.82) is 0 Å². The van der Waals surface area contributed by atoms with Gasteiger partial charge in [-0.15, -0.1) is 0 Å². The van der Waals surface area contributed by atoms with Gasteiger partial charge >= 0.3 is 5.97 Å². The number of aliphatic hydroxyl groups is 4. The summed E-state index contributed by atoms with van der Waals surface area (Å²) in [6.07, 6.45) is 5.61. The van der Waals surface area contributed by atoms with Crippen LogP contribution in [0.25, 0.3) is 0 Å². The minimum Gasteiger partial charge on any atom is -0.462 e. The van der Waals surface area contributed by atoms with Gasteiger partial charge in [0, 0.05) is 41.4 Å². The first-order chi connectivity index (χ1) is 18.3. The second-order valence-corrected chi connectivity index (χ2v) is 14.6. The molecule has 6 rings (SSSR count). The van der Waals surface area contributed by atoms with Crippen molar-refractivity contribution in [2.45, 2.75) is 109 Å². The van der Waals surface area contributed by atoms with Crippen LogP contribution in [0.2, 0.25) is 0 Å². The lowest BCUT2D eigenvalue weighted by molar-refractivity contribution is -0.170. The number of aldehydes is 1. The summed E-state index contributed by atoms with van der Waals surface area (Å²) in [6.45, 7) is 11.0. The molecular formula is C32H46O7. The van der Waals surface area contributed by atoms with Crippen LogP contribution >= 0.6 is 0 Å². The molecule has 5 fully saturated rings. The Balaban J connectivity index is 1.43. The van der Waals surface area contributed by atoms with Crippen molar-refractivity contribution in [3.63, 3.8) is 0 Å². The van der Waals surface area contributed by atoms with Crippen molar-refractivity contribution >= 4 is 12.3 Å². The fourth-order valence-electron chi connectivity index (χ4n) is 11.4. The van der Waals surface area contributed by atoms with Gasteiger partial charge in [0.2, 0.25) is 0 Å². The second kappa shape index (κ2) is 8.73. The molecule has 0 saturated heterocycles. The van der Waals surface area contributed by atoms with E-state index in [4.69, 9.17) is 4.74 Å². The highest BCUT2D eigenvalue weighted by Gasteiger charge is 2.83. The number of rotatable bonds is 5. The van der Waals surface area contributed by atoms with E-state index in [1.165, 1.54) is 6.92 Å². The van der Waals surface area contributed by atoms with Gasteiger partial charge in [0.15, 0.2) is 0 Å². The molecule has 13 atom stereocenters. The van der Waals surface area contributed by atoms with Crippen LogP contribution in [0.3, 0.4) is 0 Å². The first-order valence-electron chi connectivity index (χ1n) is 15.1. The van der Waals surface area contributed by atoms with Gasteiger partial charge in [-0.25, -0.2) is 0 Å². The number of carbonyl (C=O) groups excluding carboxylic acids is 2. The molecular weight excluding hydrogens is 496 g/mol. The third-order valence-electron chi connectivity index (χ3n) is 12.8. The zero-order valence-electron chi connectivity index (χ0n) is 23.8. The van der Waals surface area contributed by atoms with Crippen molar-refractivity contribution in [3.05, 3.63) is 23.8 Å². The van der Waals surface area contributed by atoms with Crippen LogP contribution in [0.15, 0.2) is 23.8 Å². The molecule has 0 aromatic rings. The Hall–Kier alpha value is -1.54. The van der Waals surface area contributed by atoms with E-state index < -0.39 is 46.1 Å². The number of hydrogen-bond donors (Lipinski definition) is 4. The summed E-state index contributed by atoms with van der Waals surface area (Å²) in [5, 5.41) is 46.9. The molecule has 2 bridgehead atoms. The maximum Gasteiger partial charge on any atom is 0.302 e. The molecule has 0 aromatic heterocycles. The Labute approximate surface area is 231 Å². The quantitative estimate of drug-likeness (QED) is 0.239. The van der Waals surface area contributed by atoms with E-state index in [0.717, 1.165) is 43.1 Å². The third-order valence-corrected chi connectivity index (χ3v) is 12.8. The SMILES string of the molecule is C=C(C)[C@@H]1CCC([C@@H]2CC[C@H]3C2=C[C@@]2(C=O)[C@H]4CC[C@]2([C@@H]3O)[C@H](O)[C@@]42CC[C@H](C(C)(C)O)[C@@H]2O)[C@@H]1OC(C)=O. The number of hydrogen-bond acceptors (Lipinski definition) is 7.